The Labute approximate surface area is 85.5 Å². The van der Waals surface area contributed by atoms with Crippen molar-refractivity contribution in [2.24, 2.45) is 0 Å². The van der Waals surface area contributed by atoms with Crippen LogP contribution in [0.3, 0.4) is 0 Å². The Kier molecular flexibility index (Phi) is 2.81. The van der Waals surface area contributed by atoms with Gasteiger partial charge in [-0.05, 0) is 13.0 Å². The molecule has 15 heavy (non-hydrogen) atoms. The second-order valence-corrected chi connectivity index (χ2v) is 3.58. The molecule has 1 aliphatic heterocycles. The van der Waals surface area contributed by atoms with Gasteiger partial charge in [0.25, 0.3) is 0 Å². The van der Waals surface area contributed by atoms with Crippen molar-refractivity contribution in [3.05, 3.63) is 29.6 Å². The van der Waals surface area contributed by atoms with E-state index in [1.54, 1.807) is 0 Å². The maximum absolute atomic E-state index is 13.2. The van der Waals surface area contributed by atoms with Gasteiger partial charge in [-0.25, -0.2) is 13.2 Å². The van der Waals surface area contributed by atoms with Crippen molar-refractivity contribution in [1.29, 1.82) is 0 Å². The predicted octanol–water partition coefficient (Wildman–Crippen LogP) is 1.88. The number of benzene rings is 1. The summed E-state index contributed by atoms with van der Waals surface area (Å²) in [5.41, 5.74) is -0.110. The van der Waals surface area contributed by atoms with E-state index in [1.165, 1.54) is 0 Å². The zero-order valence-corrected chi connectivity index (χ0v) is 7.99. The van der Waals surface area contributed by atoms with Crippen LogP contribution < -0.4 is 10.6 Å². The normalized spacial score (nSPS) is 20.6. The topological polar surface area (TPSA) is 24.1 Å². The van der Waals surface area contributed by atoms with E-state index in [0.717, 1.165) is 19.0 Å². The molecule has 2 N–H and O–H groups in total. The molecule has 1 atom stereocenters. The number of nitrogens with one attached hydrogen (secondary N) is 2. The Morgan fingerprint density at radius 2 is 2.07 bits per heavy atom. The summed E-state index contributed by atoms with van der Waals surface area (Å²) in [4.78, 5) is 0. The van der Waals surface area contributed by atoms with Crippen molar-refractivity contribution >= 4 is 5.69 Å². The van der Waals surface area contributed by atoms with Crippen molar-refractivity contribution in [1.82, 2.24) is 5.32 Å². The molecule has 1 aliphatic rings. The summed E-state index contributed by atoms with van der Waals surface area (Å²) < 4.78 is 38.9. The van der Waals surface area contributed by atoms with Crippen LogP contribution in [0, 0.1) is 17.5 Å². The molecule has 82 valence electrons. The molecule has 5 heteroatoms. The first kappa shape index (κ1) is 10.3. The lowest BCUT2D eigenvalue weighted by Gasteiger charge is -2.13. The molecule has 0 bridgehead atoms. The fourth-order valence-electron chi connectivity index (χ4n) is 1.66. The third kappa shape index (κ3) is 2.23. The quantitative estimate of drug-likeness (QED) is 0.737. The van der Waals surface area contributed by atoms with Gasteiger partial charge in [0.15, 0.2) is 11.6 Å². The van der Waals surface area contributed by atoms with Gasteiger partial charge in [0.05, 0.1) is 5.69 Å². The van der Waals surface area contributed by atoms with Crippen LogP contribution in [0.1, 0.15) is 6.42 Å². The molecule has 1 saturated heterocycles. The molecule has 1 fully saturated rings. The fourth-order valence-corrected chi connectivity index (χ4v) is 1.66. The molecule has 2 nitrogen and oxygen atoms in total. The molecular weight excluding hydrogens is 205 g/mol. The van der Waals surface area contributed by atoms with E-state index in [2.05, 4.69) is 10.6 Å². The summed E-state index contributed by atoms with van der Waals surface area (Å²) in [5, 5.41) is 5.84. The lowest BCUT2D eigenvalue weighted by Crippen LogP contribution is -2.23. The molecule has 0 radical (unpaired) electrons. The van der Waals surface area contributed by atoms with Gasteiger partial charge in [-0.3, -0.25) is 0 Å². The molecule has 0 spiro atoms. The van der Waals surface area contributed by atoms with Crippen LogP contribution in [0.5, 0.6) is 0 Å². The minimum atomic E-state index is -1.16. The van der Waals surface area contributed by atoms with Crippen molar-refractivity contribution in [2.75, 3.05) is 18.4 Å². The monoisotopic (exact) mass is 216 g/mol. The molecular formula is C10H11F3N2. The van der Waals surface area contributed by atoms with Crippen molar-refractivity contribution < 1.29 is 13.2 Å². The van der Waals surface area contributed by atoms with Crippen LogP contribution in [0.2, 0.25) is 0 Å². The molecule has 2 rings (SSSR count). The summed E-state index contributed by atoms with van der Waals surface area (Å²) in [6, 6.07) is 1.53. The number of hydrogen-bond acceptors (Lipinski definition) is 2. The largest absolute Gasteiger partial charge is 0.378 e. The molecule has 1 unspecified atom stereocenters. The van der Waals surface area contributed by atoms with Gasteiger partial charge in [0.2, 0.25) is 0 Å². The summed E-state index contributed by atoms with van der Waals surface area (Å²) in [5.74, 6) is -2.96. The van der Waals surface area contributed by atoms with Crippen molar-refractivity contribution in [3.8, 4) is 0 Å². The Morgan fingerprint density at radius 1 is 1.27 bits per heavy atom. The highest BCUT2D eigenvalue weighted by Crippen LogP contribution is 2.20. The van der Waals surface area contributed by atoms with E-state index in [0.29, 0.717) is 12.6 Å². The predicted molar refractivity (Wildman–Crippen MR) is 51.2 cm³/mol. The second-order valence-electron chi connectivity index (χ2n) is 3.58. The third-order valence-corrected chi connectivity index (χ3v) is 2.41. The van der Waals surface area contributed by atoms with E-state index >= 15 is 0 Å². The summed E-state index contributed by atoms with van der Waals surface area (Å²) in [7, 11) is 0. The first-order valence-corrected chi connectivity index (χ1v) is 4.78. The lowest BCUT2D eigenvalue weighted by atomic mass is 10.2. The molecule has 0 aromatic heterocycles. The maximum Gasteiger partial charge on any atom is 0.182 e. The van der Waals surface area contributed by atoms with Crippen molar-refractivity contribution in [2.45, 2.75) is 12.5 Å². The van der Waals surface area contributed by atoms with Crippen molar-refractivity contribution in [3.63, 3.8) is 0 Å². The Bertz CT molecular complexity index is 362. The Hall–Kier alpha value is -1.23. The van der Waals surface area contributed by atoms with E-state index in [9.17, 15) is 13.2 Å². The summed E-state index contributed by atoms with van der Waals surface area (Å²) >= 11 is 0. The highest BCUT2D eigenvalue weighted by Gasteiger charge is 2.17. The van der Waals surface area contributed by atoms with Crippen LogP contribution in [0.15, 0.2) is 12.1 Å². The summed E-state index contributed by atoms with van der Waals surface area (Å²) in [6.07, 6.45) is 0.817. The van der Waals surface area contributed by atoms with Gasteiger partial charge >= 0.3 is 0 Å². The fraction of sp³-hybridized carbons (Fsp3) is 0.400. The van der Waals surface area contributed by atoms with Gasteiger partial charge in [-0.1, -0.05) is 0 Å². The van der Waals surface area contributed by atoms with E-state index in [4.69, 9.17) is 0 Å². The first-order valence-electron chi connectivity index (χ1n) is 4.78. The van der Waals surface area contributed by atoms with Crippen LogP contribution in [-0.4, -0.2) is 19.1 Å². The average molecular weight is 216 g/mol. The van der Waals surface area contributed by atoms with E-state index in [-0.39, 0.29) is 11.7 Å². The molecule has 0 aliphatic carbocycles. The van der Waals surface area contributed by atoms with Crippen LogP contribution in [0.25, 0.3) is 0 Å². The molecule has 0 amide bonds. The van der Waals surface area contributed by atoms with Gasteiger partial charge in [0, 0.05) is 24.7 Å². The van der Waals surface area contributed by atoms with Crippen LogP contribution >= 0.6 is 0 Å². The molecule has 1 heterocycles. The second kappa shape index (κ2) is 4.10. The Morgan fingerprint density at radius 3 is 2.73 bits per heavy atom. The molecule has 1 aromatic rings. The van der Waals surface area contributed by atoms with E-state index in [1.807, 2.05) is 0 Å². The highest BCUT2D eigenvalue weighted by atomic mass is 19.2. The zero-order chi connectivity index (χ0) is 10.8. The summed E-state index contributed by atoms with van der Waals surface area (Å²) in [6.45, 7) is 1.51. The number of halogens is 3. The van der Waals surface area contributed by atoms with Gasteiger partial charge in [-0.2, -0.15) is 0 Å². The third-order valence-electron chi connectivity index (χ3n) is 2.41. The highest BCUT2D eigenvalue weighted by molar-refractivity contribution is 5.46. The van der Waals surface area contributed by atoms with Crippen LogP contribution in [-0.2, 0) is 0 Å². The number of hydrogen-bond donors (Lipinski definition) is 2. The van der Waals surface area contributed by atoms with Crippen LogP contribution in [0.4, 0.5) is 18.9 Å². The average Bonchev–Trinajstić information content (AvgIpc) is 2.66. The van der Waals surface area contributed by atoms with E-state index < -0.39 is 17.5 Å². The SMILES string of the molecule is Fc1cc(F)c(F)c(NC2CCNC2)c1. The maximum atomic E-state index is 13.2. The first-order chi connectivity index (χ1) is 7.16. The number of anilines is 1. The smallest absolute Gasteiger partial charge is 0.182 e. The van der Waals surface area contributed by atoms with Gasteiger partial charge in [-0.15, -0.1) is 0 Å². The Balaban J connectivity index is 2.19. The molecule has 0 saturated carbocycles. The zero-order valence-electron chi connectivity index (χ0n) is 7.99. The minimum Gasteiger partial charge on any atom is -0.378 e. The van der Waals surface area contributed by atoms with Gasteiger partial charge < -0.3 is 10.6 Å². The van der Waals surface area contributed by atoms with Gasteiger partial charge in [0.1, 0.15) is 5.82 Å². The minimum absolute atomic E-state index is 0.0284. The standard InChI is InChI=1S/C10H11F3N2/c11-6-3-8(12)10(13)9(4-6)15-7-1-2-14-5-7/h3-4,7,14-15H,1-2,5H2. The number of rotatable bonds is 2. The lowest BCUT2D eigenvalue weighted by molar-refractivity contribution is 0.496. The molecule has 1 aromatic carbocycles.